The smallest absolute Gasteiger partial charge is 0.174 e. The van der Waals surface area contributed by atoms with Crippen molar-refractivity contribution in [2.45, 2.75) is 24.3 Å². The van der Waals surface area contributed by atoms with E-state index in [2.05, 4.69) is 10.2 Å². The maximum absolute atomic E-state index is 9.84. The Labute approximate surface area is 120 Å². The molecule has 1 unspecified atom stereocenters. The first-order valence-corrected chi connectivity index (χ1v) is 7.74. The van der Waals surface area contributed by atoms with Crippen molar-refractivity contribution in [3.63, 3.8) is 0 Å². The molecule has 0 saturated carbocycles. The highest BCUT2D eigenvalue weighted by Crippen LogP contribution is 2.22. The summed E-state index contributed by atoms with van der Waals surface area (Å²) in [6.07, 6.45) is -0.518. The van der Waals surface area contributed by atoms with Gasteiger partial charge in [-0.1, -0.05) is 40.8 Å². The molecule has 0 aliphatic rings. The minimum absolute atomic E-state index is 0.286. The molecule has 102 valence electrons. The van der Waals surface area contributed by atoms with Gasteiger partial charge in [-0.3, -0.25) is 0 Å². The lowest BCUT2D eigenvalue weighted by Gasteiger charge is -2.11. The molecule has 0 spiro atoms. The second-order valence-electron chi connectivity index (χ2n) is 4.18. The van der Waals surface area contributed by atoms with E-state index in [0.717, 1.165) is 15.1 Å². The molecule has 0 radical (unpaired) electrons. The molecule has 6 heteroatoms. The van der Waals surface area contributed by atoms with Gasteiger partial charge in [-0.15, -0.1) is 10.2 Å². The van der Waals surface area contributed by atoms with Crippen molar-refractivity contribution in [1.82, 2.24) is 10.2 Å². The number of ether oxygens (including phenoxy) is 1. The average molecular weight is 296 g/mol. The highest BCUT2D eigenvalue weighted by molar-refractivity contribution is 8.01. The molecule has 0 saturated heterocycles. The van der Waals surface area contributed by atoms with Crippen molar-refractivity contribution >= 4 is 23.1 Å². The Morgan fingerprint density at radius 2 is 2.00 bits per heavy atom. The van der Waals surface area contributed by atoms with Gasteiger partial charge in [0.05, 0.1) is 6.10 Å². The van der Waals surface area contributed by atoms with Gasteiger partial charge < -0.3 is 9.84 Å². The Hall–Kier alpha value is -1.11. The lowest BCUT2D eigenvalue weighted by atomic mass is 10.2. The number of benzene rings is 1. The molecule has 1 N–H and O–H groups in total. The molecule has 1 heterocycles. The third-order valence-corrected chi connectivity index (χ3v) is 4.49. The van der Waals surface area contributed by atoms with E-state index in [-0.39, 0.29) is 6.61 Å². The number of hydrogen-bond donors (Lipinski definition) is 1. The van der Waals surface area contributed by atoms with E-state index in [0.29, 0.717) is 5.75 Å². The Morgan fingerprint density at radius 3 is 2.63 bits per heavy atom. The molecule has 1 aromatic carbocycles. The van der Waals surface area contributed by atoms with Gasteiger partial charge in [0.25, 0.3) is 0 Å². The predicted molar refractivity (Wildman–Crippen MR) is 78.1 cm³/mol. The Bertz CT molecular complexity index is 514. The first kappa shape index (κ1) is 14.3. The fraction of sp³-hybridized carbons (Fsp3) is 0.385. The summed E-state index contributed by atoms with van der Waals surface area (Å²) in [5.74, 6) is 1.34. The largest absolute Gasteiger partial charge is 0.491 e. The van der Waals surface area contributed by atoms with E-state index in [1.807, 2.05) is 38.1 Å². The Morgan fingerprint density at radius 1 is 1.26 bits per heavy atom. The molecule has 1 aromatic heterocycles. The second kappa shape index (κ2) is 6.88. The van der Waals surface area contributed by atoms with Crippen LogP contribution in [0.15, 0.2) is 28.6 Å². The molecule has 0 amide bonds. The Kier molecular flexibility index (Phi) is 5.18. The summed E-state index contributed by atoms with van der Waals surface area (Å²) in [5.41, 5.74) is 1.19. The van der Waals surface area contributed by atoms with Gasteiger partial charge in [-0.25, -0.2) is 0 Å². The van der Waals surface area contributed by atoms with Gasteiger partial charge in [0, 0.05) is 5.75 Å². The van der Waals surface area contributed by atoms with Gasteiger partial charge in [0.15, 0.2) is 4.34 Å². The lowest BCUT2D eigenvalue weighted by Crippen LogP contribution is -2.20. The van der Waals surface area contributed by atoms with E-state index in [9.17, 15) is 5.11 Å². The summed E-state index contributed by atoms with van der Waals surface area (Å²) >= 11 is 3.04. The van der Waals surface area contributed by atoms with Crippen LogP contribution in [0.5, 0.6) is 5.75 Å². The molecule has 0 aliphatic heterocycles. The third-order valence-electron chi connectivity index (χ3n) is 2.37. The van der Waals surface area contributed by atoms with Crippen LogP contribution in [0.3, 0.4) is 0 Å². The number of rotatable bonds is 6. The molecular weight excluding hydrogens is 280 g/mol. The number of aliphatic hydroxyl groups is 1. The SMILES string of the molecule is Cc1ccc(OCC(O)CSc2nnc(C)s2)cc1. The number of thioether (sulfide) groups is 1. The van der Waals surface area contributed by atoms with Crippen LogP contribution in [0, 0.1) is 13.8 Å². The molecule has 2 rings (SSSR count). The van der Waals surface area contributed by atoms with Crippen molar-refractivity contribution in [2.75, 3.05) is 12.4 Å². The number of nitrogens with zero attached hydrogens (tertiary/aromatic N) is 2. The summed E-state index contributed by atoms with van der Waals surface area (Å²) < 4.78 is 6.40. The summed E-state index contributed by atoms with van der Waals surface area (Å²) in [5, 5.41) is 18.7. The van der Waals surface area contributed by atoms with Gasteiger partial charge in [-0.2, -0.15) is 0 Å². The van der Waals surface area contributed by atoms with E-state index < -0.39 is 6.10 Å². The van der Waals surface area contributed by atoms with Gasteiger partial charge in [0.2, 0.25) is 0 Å². The van der Waals surface area contributed by atoms with E-state index in [1.165, 1.54) is 28.7 Å². The predicted octanol–water partition coefficient (Wildman–Crippen LogP) is 2.69. The fourth-order valence-corrected chi connectivity index (χ4v) is 3.13. The zero-order valence-electron chi connectivity index (χ0n) is 10.9. The molecule has 19 heavy (non-hydrogen) atoms. The molecular formula is C13H16N2O2S2. The number of aryl methyl sites for hydroxylation is 2. The highest BCUT2D eigenvalue weighted by Gasteiger charge is 2.08. The van der Waals surface area contributed by atoms with Crippen LogP contribution < -0.4 is 4.74 Å². The summed E-state index contributed by atoms with van der Waals surface area (Å²) in [7, 11) is 0. The standard InChI is InChI=1S/C13H16N2O2S2/c1-9-3-5-12(6-4-9)17-7-11(16)8-18-13-15-14-10(2)19-13/h3-6,11,16H,7-8H2,1-2H3. The first-order chi connectivity index (χ1) is 9.13. The fourth-order valence-electron chi connectivity index (χ4n) is 1.38. The average Bonchev–Trinajstić information content (AvgIpc) is 2.81. The van der Waals surface area contributed by atoms with Crippen LogP contribution >= 0.6 is 23.1 Å². The van der Waals surface area contributed by atoms with Crippen molar-refractivity contribution < 1.29 is 9.84 Å². The summed E-state index contributed by atoms with van der Waals surface area (Å²) in [6.45, 7) is 4.23. The summed E-state index contributed by atoms with van der Waals surface area (Å²) in [4.78, 5) is 0. The minimum atomic E-state index is -0.518. The zero-order chi connectivity index (χ0) is 13.7. The summed E-state index contributed by atoms with van der Waals surface area (Å²) in [6, 6.07) is 7.79. The third kappa shape index (κ3) is 4.81. The number of aromatic nitrogens is 2. The molecule has 0 aliphatic carbocycles. The molecule has 1 atom stereocenters. The van der Waals surface area contributed by atoms with Gasteiger partial charge >= 0.3 is 0 Å². The van der Waals surface area contributed by atoms with Crippen LogP contribution in [0.4, 0.5) is 0 Å². The van der Waals surface area contributed by atoms with Crippen LogP contribution in [-0.2, 0) is 0 Å². The zero-order valence-corrected chi connectivity index (χ0v) is 12.5. The monoisotopic (exact) mass is 296 g/mol. The minimum Gasteiger partial charge on any atom is -0.491 e. The van der Waals surface area contributed by atoms with E-state index >= 15 is 0 Å². The quantitative estimate of drug-likeness (QED) is 0.831. The van der Waals surface area contributed by atoms with Crippen molar-refractivity contribution in [1.29, 1.82) is 0 Å². The van der Waals surface area contributed by atoms with Crippen molar-refractivity contribution in [2.24, 2.45) is 0 Å². The molecule has 4 nitrogen and oxygen atoms in total. The van der Waals surface area contributed by atoms with Crippen molar-refractivity contribution in [3.05, 3.63) is 34.8 Å². The lowest BCUT2D eigenvalue weighted by molar-refractivity contribution is 0.126. The maximum atomic E-state index is 9.84. The molecule has 0 bridgehead atoms. The van der Waals surface area contributed by atoms with E-state index in [1.54, 1.807) is 0 Å². The topological polar surface area (TPSA) is 55.2 Å². The van der Waals surface area contributed by atoms with Gasteiger partial charge in [-0.05, 0) is 26.0 Å². The van der Waals surface area contributed by atoms with Crippen molar-refractivity contribution in [3.8, 4) is 5.75 Å². The van der Waals surface area contributed by atoms with Gasteiger partial charge in [0.1, 0.15) is 17.4 Å². The normalized spacial score (nSPS) is 12.4. The highest BCUT2D eigenvalue weighted by atomic mass is 32.2. The molecule has 0 fully saturated rings. The number of hydrogen-bond acceptors (Lipinski definition) is 6. The second-order valence-corrected chi connectivity index (χ2v) is 6.62. The molecule has 2 aromatic rings. The van der Waals surface area contributed by atoms with Crippen LogP contribution in [-0.4, -0.2) is 33.8 Å². The number of aliphatic hydroxyl groups excluding tert-OH is 1. The van der Waals surface area contributed by atoms with Crippen LogP contribution in [0.2, 0.25) is 0 Å². The van der Waals surface area contributed by atoms with Crippen LogP contribution in [0.25, 0.3) is 0 Å². The maximum Gasteiger partial charge on any atom is 0.174 e. The van der Waals surface area contributed by atoms with E-state index in [4.69, 9.17) is 4.74 Å². The van der Waals surface area contributed by atoms with Crippen LogP contribution in [0.1, 0.15) is 10.6 Å². The Balaban J connectivity index is 1.72. The first-order valence-electron chi connectivity index (χ1n) is 5.94.